The quantitative estimate of drug-likeness (QED) is 0.825. The summed E-state index contributed by atoms with van der Waals surface area (Å²) in [5, 5.41) is 9.11. The van der Waals surface area contributed by atoms with Crippen LogP contribution >= 0.6 is 11.8 Å². The molecule has 2 atom stereocenters. The van der Waals surface area contributed by atoms with Gasteiger partial charge in [-0.15, -0.1) is 0 Å². The Morgan fingerprint density at radius 3 is 2.86 bits per heavy atom. The second kappa shape index (κ2) is 7.32. The number of aliphatic hydroxyl groups is 1. The van der Waals surface area contributed by atoms with Crippen LogP contribution in [0.2, 0.25) is 0 Å². The fourth-order valence-electron chi connectivity index (χ4n) is 2.54. The van der Waals surface area contributed by atoms with Crippen LogP contribution in [0, 0.1) is 11.8 Å². The molecule has 1 aromatic rings. The molecular weight excluding hydrogens is 306 g/mol. The monoisotopic (exact) mass is 325 g/mol. The number of sulfonamides is 1. The first kappa shape index (κ1) is 16.4. The third-order valence-corrected chi connectivity index (χ3v) is 6.26. The number of aliphatic hydroxyl groups excluding tert-OH is 1. The van der Waals surface area contributed by atoms with Crippen molar-refractivity contribution in [2.45, 2.75) is 35.4 Å². The standard InChI is InChI=1S/C15H19NO3S2/c1-20-14-9-4-8-13(14)16-21(18,19)15-10-3-2-6-12(15)7-5-11-17/h2-3,6,10,13-14,16-17H,4,8-9,11H2,1H3. The molecule has 114 valence electrons. The van der Waals surface area contributed by atoms with Crippen molar-refractivity contribution in [2.24, 2.45) is 0 Å². The molecule has 6 heteroatoms. The van der Waals surface area contributed by atoms with E-state index in [1.807, 2.05) is 6.26 Å². The molecule has 1 fully saturated rings. The molecule has 0 aromatic heterocycles. The summed E-state index contributed by atoms with van der Waals surface area (Å²) in [5.74, 6) is 5.19. The lowest BCUT2D eigenvalue weighted by Crippen LogP contribution is -2.38. The van der Waals surface area contributed by atoms with E-state index >= 15 is 0 Å². The molecule has 1 saturated carbocycles. The van der Waals surface area contributed by atoms with Crippen LogP contribution in [0.25, 0.3) is 0 Å². The van der Waals surface area contributed by atoms with E-state index in [0.29, 0.717) is 10.8 Å². The summed E-state index contributed by atoms with van der Waals surface area (Å²) in [4.78, 5) is 0.178. The van der Waals surface area contributed by atoms with Gasteiger partial charge in [0.1, 0.15) is 6.61 Å². The van der Waals surface area contributed by atoms with E-state index in [1.165, 1.54) is 0 Å². The average molecular weight is 325 g/mol. The molecule has 0 spiro atoms. The van der Waals surface area contributed by atoms with Crippen LogP contribution in [0.15, 0.2) is 29.2 Å². The zero-order valence-corrected chi connectivity index (χ0v) is 13.5. The molecule has 1 aliphatic rings. The Morgan fingerprint density at radius 1 is 1.38 bits per heavy atom. The molecule has 1 aromatic carbocycles. The molecule has 0 amide bonds. The van der Waals surface area contributed by atoms with Crippen molar-refractivity contribution in [2.75, 3.05) is 12.9 Å². The smallest absolute Gasteiger partial charge is 0.242 e. The van der Waals surface area contributed by atoms with E-state index in [0.717, 1.165) is 19.3 Å². The van der Waals surface area contributed by atoms with Gasteiger partial charge in [-0.3, -0.25) is 0 Å². The number of nitrogens with one attached hydrogen (secondary N) is 1. The zero-order valence-electron chi connectivity index (χ0n) is 11.9. The Bertz CT molecular complexity index is 646. The predicted octanol–water partition coefficient (Wildman–Crippen LogP) is 1.59. The second-order valence-electron chi connectivity index (χ2n) is 4.89. The summed E-state index contributed by atoms with van der Waals surface area (Å²) in [6, 6.07) is 6.59. The highest BCUT2D eigenvalue weighted by atomic mass is 32.2. The summed E-state index contributed by atoms with van der Waals surface area (Å²) in [5.41, 5.74) is 0.415. The van der Waals surface area contributed by atoms with Crippen LogP contribution in [-0.4, -0.2) is 37.7 Å². The van der Waals surface area contributed by atoms with Crippen molar-refractivity contribution in [1.29, 1.82) is 0 Å². The molecule has 0 aliphatic heterocycles. The van der Waals surface area contributed by atoms with Gasteiger partial charge in [0.25, 0.3) is 0 Å². The third-order valence-electron chi connectivity index (χ3n) is 3.54. The molecule has 0 radical (unpaired) electrons. The summed E-state index contributed by atoms with van der Waals surface area (Å²) in [6.45, 7) is -0.293. The lowest BCUT2D eigenvalue weighted by Gasteiger charge is -2.19. The molecule has 0 bridgehead atoms. The van der Waals surface area contributed by atoms with Gasteiger partial charge in [0, 0.05) is 16.9 Å². The van der Waals surface area contributed by atoms with Gasteiger partial charge in [-0.05, 0) is 31.2 Å². The third kappa shape index (κ3) is 4.01. The van der Waals surface area contributed by atoms with E-state index in [-0.39, 0.29) is 17.5 Å². The van der Waals surface area contributed by atoms with Gasteiger partial charge in [-0.2, -0.15) is 11.8 Å². The topological polar surface area (TPSA) is 66.4 Å². The van der Waals surface area contributed by atoms with Crippen molar-refractivity contribution in [3.05, 3.63) is 29.8 Å². The molecule has 2 rings (SSSR count). The fourth-order valence-corrected chi connectivity index (χ4v) is 5.04. The normalized spacial score (nSPS) is 21.8. The predicted molar refractivity (Wildman–Crippen MR) is 85.7 cm³/mol. The van der Waals surface area contributed by atoms with Gasteiger partial charge >= 0.3 is 0 Å². The van der Waals surface area contributed by atoms with Crippen LogP contribution in [-0.2, 0) is 10.0 Å². The van der Waals surface area contributed by atoms with Gasteiger partial charge in [-0.1, -0.05) is 30.4 Å². The maximum absolute atomic E-state index is 12.6. The van der Waals surface area contributed by atoms with Crippen LogP contribution in [0.4, 0.5) is 0 Å². The van der Waals surface area contributed by atoms with E-state index in [4.69, 9.17) is 5.11 Å². The van der Waals surface area contributed by atoms with Gasteiger partial charge in [-0.25, -0.2) is 13.1 Å². The Hall–Kier alpha value is -1.00. The molecule has 0 saturated heterocycles. The summed E-state index contributed by atoms with van der Waals surface area (Å²) >= 11 is 1.71. The molecule has 1 aliphatic carbocycles. The minimum Gasteiger partial charge on any atom is -0.384 e. The van der Waals surface area contributed by atoms with Crippen LogP contribution in [0.3, 0.4) is 0 Å². The minimum atomic E-state index is -3.60. The highest BCUT2D eigenvalue weighted by Crippen LogP contribution is 2.29. The zero-order chi connectivity index (χ0) is 15.3. The highest BCUT2D eigenvalue weighted by molar-refractivity contribution is 7.99. The Kier molecular flexibility index (Phi) is 5.71. The van der Waals surface area contributed by atoms with Gasteiger partial charge < -0.3 is 5.11 Å². The lowest BCUT2D eigenvalue weighted by atomic mass is 10.2. The summed E-state index contributed by atoms with van der Waals surface area (Å²) in [6.07, 6.45) is 4.97. The molecule has 4 nitrogen and oxygen atoms in total. The van der Waals surface area contributed by atoms with Crippen molar-refractivity contribution in [1.82, 2.24) is 4.72 Å². The molecule has 2 unspecified atom stereocenters. The van der Waals surface area contributed by atoms with Crippen LogP contribution in [0.5, 0.6) is 0 Å². The van der Waals surface area contributed by atoms with Crippen LogP contribution < -0.4 is 4.72 Å². The summed E-state index contributed by atoms with van der Waals surface area (Å²) < 4.78 is 28.0. The van der Waals surface area contributed by atoms with Gasteiger partial charge in [0.05, 0.1) is 4.90 Å². The van der Waals surface area contributed by atoms with E-state index in [2.05, 4.69) is 16.6 Å². The van der Waals surface area contributed by atoms with Gasteiger partial charge in [0.2, 0.25) is 10.0 Å². The maximum atomic E-state index is 12.6. The first-order valence-corrected chi connectivity index (χ1v) is 9.59. The first-order chi connectivity index (χ1) is 10.1. The van der Waals surface area contributed by atoms with Crippen molar-refractivity contribution in [3.8, 4) is 11.8 Å². The number of hydrogen-bond acceptors (Lipinski definition) is 4. The summed E-state index contributed by atoms with van der Waals surface area (Å²) in [7, 11) is -3.60. The van der Waals surface area contributed by atoms with Gasteiger partial charge in [0.15, 0.2) is 0 Å². The highest BCUT2D eigenvalue weighted by Gasteiger charge is 2.31. The van der Waals surface area contributed by atoms with Crippen molar-refractivity contribution >= 4 is 21.8 Å². The molecule has 0 heterocycles. The molecule has 21 heavy (non-hydrogen) atoms. The van der Waals surface area contributed by atoms with E-state index in [1.54, 1.807) is 36.0 Å². The second-order valence-corrected chi connectivity index (χ2v) is 7.65. The largest absolute Gasteiger partial charge is 0.384 e. The number of thioether (sulfide) groups is 1. The Labute approximate surface area is 130 Å². The number of benzene rings is 1. The van der Waals surface area contributed by atoms with E-state index in [9.17, 15) is 8.42 Å². The maximum Gasteiger partial charge on any atom is 0.242 e. The number of hydrogen-bond donors (Lipinski definition) is 2. The van der Waals surface area contributed by atoms with Crippen molar-refractivity contribution < 1.29 is 13.5 Å². The first-order valence-electron chi connectivity index (χ1n) is 6.82. The average Bonchev–Trinajstić information content (AvgIpc) is 2.91. The minimum absolute atomic E-state index is 0.0242. The fraction of sp³-hybridized carbons (Fsp3) is 0.467. The molecule has 2 N–H and O–H groups in total. The van der Waals surface area contributed by atoms with Crippen molar-refractivity contribution in [3.63, 3.8) is 0 Å². The molecular formula is C15H19NO3S2. The van der Waals surface area contributed by atoms with Crippen LogP contribution in [0.1, 0.15) is 24.8 Å². The number of rotatable bonds is 4. The Balaban J connectivity index is 2.27. The Morgan fingerprint density at radius 2 is 2.14 bits per heavy atom. The lowest BCUT2D eigenvalue weighted by molar-refractivity contribution is 0.350. The SMILES string of the molecule is CSC1CCCC1NS(=O)(=O)c1ccccc1C#CCO. The van der Waals surface area contributed by atoms with E-state index < -0.39 is 10.0 Å².